The van der Waals surface area contributed by atoms with Gasteiger partial charge in [-0.1, -0.05) is 6.07 Å². The van der Waals surface area contributed by atoms with Gasteiger partial charge in [-0.05, 0) is 31.5 Å². The molecule has 6 nitrogen and oxygen atoms in total. The summed E-state index contributed by atoms with van der Waals surface area (Å²) in [4.78, 5) is 12.0. The van der Waals surface area contributed by atoms with Gasteiger partial charge in [0.05, 0.1) is 11.9 Å². The monoisotopic (exact) mass is 312 g/mol. The third kappa shape index (κ3) is 3.47. The average molecular weight is 312 g/mol. The second-order valence-electron chi connectivity index (χ2n) is 5.10. The summed E-state index contributed by atoms with van der Waals surface area (Å²) in [6.07, 6.45) is 0.788. The largest absolute Gasteiger partial charge is 0.478 e. The van der Waals surface area contributed by atoms with Crippen LogP contribution in [0.2, 0.25) is 0 Å². The lowest BCUT2D eigenvalue weighted by Gasteiger charge is -2.21. The van der Waals surface area contributed by atoms with Crippen LogP contribution in [0.4, 0.5) is 5.69 Å². The summed E-state index contributed by atoms with van der Waals surface area (Å²) in [5.41, 5.74) is 1.42. The summed E-state index contributed by atoms with van der Waals surface area (Å²) >= 11 is 0. The van der Waals surface area contributed by atoms with Gasteiger partial charge >= 0.3 is 0 Å². The Morgan fingerprint density at radius 2 is 2.19 bits per heavy atom. The van der Waals surface area contributed by atoms with Gasteiger partial charge in [-0.15, -0.1) is 0 Å². The number of hydrogen-bond donors (Lipinski definition) is 1. The van der Waals surface area contributed by atoms with Crippen LogP contribution in [0.5, 0.6) is 5.75 Å². The lowest BCUT2D eigenvalue weighted by molar-refractivity contribution is -0.127. The second kappa shape index (κ2) is 5.93. The van der Waals surface area contributed by atoms with Crippen molar-refractivity contribution in [1.82, 2.24) is 5.32 Å². The third-order valence-corrected chi connectivity index (χ3v) is 4.47. The molecule has 116 valence electrons. The fraction of sp³-hybridized carbons (Fsp3) is 0.500. The molecule has 1 aromatic carbocycles. The molecule has 1 heterocycles. The molecule has 1 amide bonds. The molecule has 0 fully saturated rings. The van der Waals surface area contributed by atoms with E-state index >= 15 is 0 Å². The molecule has 0 saturated heterocycles. The van der Waals surface area contributed by atoms with Crippen molar-refractivity contribution in [3.8, 4) is 5.75 Å². The molecule has 1 aliphatic rings. The molecule has 0 unspecified atom stereocenters. The first kappa shape index (κ1) is 15.6. The van der Waals surface area contributed by atoms with E-state index in [1.165, 1.54) is 4.31 Å². The maximum atomic E-state index is 12.0. The maximum absolute atomic E-state index is 12.0. The molecule has 0 aliphatic carbocycles. The highest BCUT2D eigenvalue weighted by atomic mass is 32.2. The summed E-state index contributed by atoms with van der Waals surface area (Å²) in [6.45, 7) is 4.44. The van der Waals surface area contributed by atoms with E-state index in [1.54, 1.807) is 12.1 Å². The Bertz CT molecular complexity index is 642. The van der Waals surface area contributed by atoms with Gasteiger partial charge in [-0.3, -0.25) is 9.10 Å². The fourth-order valence-corrected chi connectivity index (χ4v) is 3.24. The number of amides is 1. The molecular formula is C14H20N2O4S. The molecular weight excluding hydrogens is 292 g/mol. The summed E-state index contributed by atoms with van der Waals surface area (Å²) in [5.74, 6) is 0.194. The maximum Gasteiger partial charge on any atom is 0.261 e. The molecule has 1 atom stereocenters. The van der Waals surface area contributed by atoms with E-state index in [-0.39, 0.29) is 12.5 Å². The predicted molar refractivity (Wildman–Crippen MR) is 81.1 cm³/mol. The summed E-state index contributed by atoms with van der Waals surface area (Å²) in [6, 6.07) is 5.30. The van der Waals surface area contributed by atoms with Crippen LogP contribution >= 0.6 is 0 Å². The highest BCUT2D eigenvalue weighted by Crippen LogP contribution is 2.34. The molecule has 1 aliphatic heterocycles. The average Bonchev–Trinajstić information content (AvgIpc) is 2.57. The minimum atomic E-state index is -3.42. The van der Waals surface area contributed by atoms with Crippen LogP contribution in [0.3, 0.4) is 0 Å². The Kier molecular flexibility index (Phi) is 4.41. The van der Waals surface area contributed by atoms with Crippen molar-refractivity contribution >= 4 is 21.6 Å². The van der Waals surface area contributed by atoms with Gasteiger partial charge in [-0.2, -0.15) is 0 Å². The predicted octanol–water partition coefficient (Wildman–Crippen LogP) is 1.05. The van der Waals surface area contributed by atoms with Crippen LogP contribution in [-0.2, 0) is 14.8 Å². The van der Waals surface area contributed by atoms with Gasteiger partial charge < -0.3 is 10.1 Å². The lowest BCUT2D eigenvalue weighted by atomic mass is 10.2. The van der Waals surface area contributed by atoms with Crippen molar-refractivity contribution in [3.05, 3.63) is 23.8 Å². The molecule has 0 bridgehead atoms. The number of carbonyl (C=O) groups is 1. The second-order valence-corrected chi connectivity index (χ2v) is 7.00. The third-order valence-electron chi connectivity index (χ3n) is 3.29. The first-order chi connectivity index (χ1) is 9.82. The topological polar surface area (TPSA) is 75.7 Å². The van der Waals surface area contributed by atoms with Crippen molar-refractivity contribution < 1.29 is 17.9 Å². The molecule has 21 heavy (non-hydrogen) atoms. The number of carbonyl (C=O) groups excluding carboxylic acids is 1. The molecule has 2 rings (SSSR count). The van der Waals surface area contributed by atoms with Gasteiger partial charge in [0.25, 0.3) is 5.91 Å². The van der Waals surface area contributed by atoms with Crippen LogP contribution in [0.25, 0.3) is 0 Å². The Labute approximate surface area is 125 Å². The van der Waals surface area contributed by atoms with Crippen molar-refractivity contribution in [1.29, 1.82) is 0 Å². The van der Waals surface area contributed by atoms with Gasteiger partial charge in [0, 0.05) is 19.5 Å². The normalized spacial score (nSPS) is 18.4. The number of nitrogens with zero attached hydrogens (tertiary/aromatic N) is 1. The highest BCUT2D eigenvalue weighted by molar-refractivity contribution is 7.92. The van der Waals surface area contributed by atoms with Crippen molar-refractivity contribution in [2.24, 2.45) is 0 Å². The molecule has 0 aromatic heterocycles. The number of likely N-dealkylation sites (N-methyl/N-ethyl adjacent to an activating group) is 1. The quantitative estimate of drug-likeness (QED) is 0.905. The zero-order chi connectivity index (χ0) is 15.6. The minimum Gasteiger partial charge on any atom is -0.478 e. The van der Waals surface area contributed by atoms with E-state index < -0.39 is 16.1 Å². The first-order valence-corrected chi connectivity index (χ1v) is 8.70. The van der Waals surface area contributed by atoms with Crippen molar-refractivity contribution in [3.63, 3.8) is 0 Å². The Hall–Kier alpha value is -1.76. The number of fused-ring (bicyclic) bond motifs is 1. The van der Waals surface area contributed by atoms with Crippen molar-refractivity contribution in [2.75, 3.05) is 23.7 Å². The Balaban J connectivity index is 2.42. The SMILES string of the molecule is CCNC(=O)[C@@H]1CCN(S(C)(=O)=O)c2cc(C)ccc2O1. The molecule has 0 radical (unpaired) electrons. The smallest absolute Gasteiger partial charge is 0.261 e. The van der Waals surface area contributed by atoms with Crippen LogP contribution in [-0.4, -0.2) is 39.8 Å². The Morgan fingerprint density at radius 1 is 1.48 bits per heavy atom. The summed E-state index contributed by atoms with van der Waals surface area (Å²) in [5, 5.41) is 2.71. The zero-order valence-electron chi connectivity index (χ0n) is 12.4. The van der Waals surface area contributed by atoms with Crippen LogP contribution in [0, 0.1) is 6.92 Å². The van der Waals surface area contributed by atoms with Gasteiger partial charge in [0.15, 0.2) is 6.10 Å². The number of sulfonamides is 1. The number of ether oxygens (including phenoxy) is 1. The number of nitrogens with one attached hydrogen (secondary N) is 1. The summed E-state index contributed by atoms with van der Waals surface area (Å²) in [7, 11) is -3.42. The van der Waals surface area contributed by atoms with Crippen LogP contribution in [0.15, 0.2) is 18.2 Å². The molecule has 1 N–H and O–H groups in total. The molecule has 0 spiro atoms. The van der Waals surface area contributed by atoms with E-state index in [0.717, 1.165) is 11.8 Å². The number of anilines is 1. The fourth-order valence-electron chi connectivity index (χ4n) is 2.31. The molecule has 0 saturated carbocycles. The number of hydrogen-bond acceptors (Lipinski definition) is 4. The van der Waals surface area contributed by atoms with E-state index in [0.29, 0.717) is 24.4 Å². The minimum absolute atomic E-state index is 0.219. The van der Waals surface area contributed by atoms with Crippen LogP contribution in [0.1, 0.15) is 18.9 Å². The van der Waals surface area contributed by atoms with E-state index in [4.69, 9.17) is 4.74 Å². The lowest BCUT2D eigenvalue weighted by Crippen LogP contribution is -2.39. The highest BCUT2D eigenvalue weighted by Gasteiger charge is 2.30. The molecule has 1 aromatic rings. The summed E-state index contributed by atoms with van der Waals surface area (Å²) < 4.78 is 31.0. The van der Waals surface area contributed by atoms with E-state index in [1.807, 2.05) is 19.9 Å². The number of rotatable bonds is 3. The van der Waals surface area contributed by atoms with Gasteiger partial charge in [0.2, 0.25) is 10.0 Å². The van der Waals surface area contributed by atoms with E-state index in [2.05, 4.69) is 5.32 Å². The van der Waals surface area contributed by atoms with Gasteiger partial charge in [-0.25, -0.2) is 8.42 Å². The van der Waals surface area contributed by atoms with E-state index in [9.17, 15) is 13.2 Å². The van der Waals surface area contributed by atoms with Gasteiger partial charge in [0.1, 0.15) is 5.75 Å². The molecule has 7 heteroatoms. The standard InChI is InChI=1S/C14H20N2O4S/c1-4-15-14(17)13-7-8-16(21(3,18)19)11-9-10(2)5-6-12(11)20-13/h5-6,9,13H,4,7-8H2,1-3H3,(H,15,17)/t13-/m0/s1. The van der Waals surface area contributed by atoms with Crippen LogP contribution < -0.4 is 14.4 Å². The Morgan fingerprint density at radius 3 is 2.81 bits per heavy atom. The van der Waals surface area contributed by atoms with Crippen molar-refractivity contribution in [2.45, 2.75) is 26.4 Å². The number of benzene rings is 1. The zero-order valence-corrected chi connectivity index (χ0v) is 13.2. The first-order valence-electron chi connectivity index (χ1n) is 6.85. The number of aryl methyl sites for hydroxylation is 1.